The second-order valence-corrected chi connectivity index (χ2v) is 5.98. The van der Waals surface area contributed by atoms with E-state index in [1.54, 1.807) is 7.11 Å². The van der Waals surface area contributed by atoms with Crippen molar-refractivity contribution in [3.05, 3.63) is 64.7 Å². The zero-order valence-electron chi connectivity index (χ0n) is 16.1. The molecule has 0 spiro atoms. The van der Waals surface area contributed by atoms with Gasteiger partial charge in [-0.25, -0.2) is 4.99 Å². The van der Waals surface area contributed by atoms with Gasteiger partial charge in [-0.15, -0.1) is 24.0 Å². The van der Waals surface area contributed by atoms with Crippen molar-refractivity contribution >= 4 is 29.9 Å². The van der Waals surface area contributed by atoms with Crippen LogP contribution in [0.1, 0.15) is 29.2 Å². The maximum atomic E-state index is 8.85. The average molecular weight is 478 g/mol. The molecule has 0 aliphatic rings. The molecule has 0 aliphatic heterocycles. The van der Waals surface area contributed by atoms with E-state index in [1.165, 1.54) is 5.56 Å². The third kappa shape index (κ3) is 7.47. The third-order valence-electron chi connectivity index (χ3n) is 4.03. The summed E-state index contributed by atoms with van der Waals surface area (Å²) in [5.41, 5.74) is 4.10. The van der Waals surface area contributed by atoms with Crippen LogP contribution in [-0.4, -0.2) is 26.2 Å². The zero-order chi connectivity index (χ0) is 18.8. The Morgan fingerprint density at radius 3 is 2.44 bits per heavy atom. The number of methoxy groups -OCH3 is 1. The molecular formula is C21H27IN4O. The van der Waals surface area contributed by atoms with Gasteiger partial charge in [-0.05, 0) is 55.2 Å². The van der Waals surface area contributed by atoms with Crippen LogP contribution in [0.15, 0.2) is 47.5 Å². The molecule has 0 fully saturated rings. The first-order valence-corrected chi connectivity index (χ1v) is 8.81. The second kappa shape index (κ2) is 12.2. The summed E-state index contributed by atoms with van der Waals surface area (Å²) < 4.78 is 5.38. The van der Waals surface area contributed by atoms with E-state index in [-0.39, 0.29) is 24.0 Å². The van der Waals surface area contributed by atoms with E-state index < -0.39 is 0 Å². The highest BCUT2D eigenvalue weighted by Crippen LogP contribution is 2.19. The molecule has 0 unspecified atom stereocenters. The summed E-state index contributed by atoms with van der Waals surface area (Å²) in [6, 6.07) is 15.9. The molecule has 0 saturated heterocycles. The van der Waals surface area contributed by atoms with Crippen LogP contribution < -0.4 is 15.4 Å². The fourth-order valence-corrected chi connectivity index (χ4v) is 2.54. The summed E-state index contributed by atoms with van der Waals surface area (Å²) in [6.07, 6.45) is 0.887. The Morgan fingerprint density at radius 2 is 1.81 bits per heavy atom. The number of halogens is 1. The predicted molar refractivity (Wildman–Crippen MR) is 121 cm³/mol. The number of aliphatic imine (C=N–C) groups is 1. The second-order valence-electron chi connectivity index (χ2n) is 5.98. The molecule has 27 heavy (non-hydrogen) atoms. The van der Waals surface area contributed by atoms with E-state index in [2.05, 4.69) is 39.9 Å². The summed E-state index contributed by atoms with van der Waals surface area (Å²) >= 11 is 0. The SMILES string of the molecule is CCNC(=NCc1ccc(C#N)cc1)NCCc1ccc(C)c(OC)c1.I. The van der Waals surface area contributed by atoms with Gasteiger partial charge in [0.1, 0.15) is 5.75 Å². The first kappa shape index (κ1) is 22.8. The summed E-state index contributed by atoms with van der Waals surface area (Å²) in [5, 5.41) is 15.5. The van der Waals surface area contributed by atoms with Gasteiger partial charge in [0.25, 0.3) is 0 Å². The summed E-state index contributed by atoms with van der Waals surface area (Å²) in [7, 11) is 1.70. The van der Waals surface area contributed by atoms with Crippen molar-refractivity contribution in [2.24, 2.45) is 4.99 Å². The van der Waals surface area contributed by atoms with Gasteiger partial charge in [0.15, 0.2) is 5.96 Å². The Balaban J connectivity index is 0.00000364. The van der Waals surface area contributed by atoms with Crippen molar-refractivity contribution in [1.29, 1.82) is 5.26 Å². The van der Waals surface area contributed by atoms with Crippen molar-refractivity contribution in [3.63, 3.8) is 0 Å². The molecule has 5 nitrogen and oxygen atoms in total. The van der Waals surface area contributed by atoms with Crippen molar-refractivity contribution < 1.29 is 4.74 Å². The highest BCUT2D eigenvalue weighted by Gasteiger charge is 2.02. The Labute approximate surface area is 178 Å². The Morgan fingerprint density at radius 1 is 1.11 bits per heavy atom. The van der Waals surface area contributed by atoms with Gasteiger partial charge < -0.3 is 15.4 Å². The van der Waals surface area contributed by atoms with Crippen LogP contribution in [0, 0.1) is 18.3 Å². The number of hydrogen-bond donors (Lipinski definition) is 2. The highest BCUT2D eigenvalue weighted by molar-refractivity contribution is 14.0. The maximum Gasteiger partial charge on any atom is 0.191 e. The fourth-order valence-electron chi connectivity index (χ4n) is 2.54. The molecule has 0 radical (unpaired) electrons. The predicted octanol–water partition coefficient (Wildman–Crippen LogP) is 3.79. The van der Waals surface area contributed by atoms with Crippen molar-refractivity contribution in [2.45, 2.75) is 26.8 Å². The van der Waals surface area contributed by atoms with Crippen LogP contribution in [0.4, 0.5) is 0 Å². The molecular weight excluding hydrogens is 451 g/mol. The maximum absolute atomic E-state index is 8.85. The summed E-state index contributed by atoms with van der Waals surface area (Å²) in [6.45, 7) is 6.24. The number of hydrogen-bond acceptors (Lipinski definition) is 3. The van der Waals surface area contributed by atoms with Gasteiger partial charge in [0.2, 0.25) is 0 Å². The third-order valence-corrected chi connectivity index (χ3v) is 4.03. The van der Waals surface area contributed by atoms with Gasteiger partial charge in [-0.1, -0.05) is 24.3 Å². The van der Waals surface area contributed by atoms with Gasteiger partial charge in [-0.3, -0.25) is 0 Å². The Kier molecular flexibility index (Phi) is 10.3. The number of aryl methyl sites for hydroxylation is 1. The topological polar surface area (TPSA) is 69.4 Å². The monoisotopic (exact) mass is 478 g/mol. The Bertz CT molecular complexity index is 782. The lowest BCUT2D eigenvalue weighted by Gasteiger charge is -2.12. The summed E-state index contributed by atoms with van der Waals surface area (Å²) in [5.74, 6) is 1.71. The van der Waals surface area contributed by atoms with Crippen LogP contribution in [0.5, 0.6) is 5.75 Å². The fraction of sp³-hybridized carbons (Fsp3) is 0.333. The first-order valence-electron chi connectivity index (χ1n) is 8.81. The highest BCUT2D eigenvalue weighted by atomic mass is 127. The minimum atomic E-state index is 0. The van der Waals surface area contributed by atoms with E-state index in [9.17, 15) is 0 Å². The minimum Gasteiger partial charge on any atom is -0.496 e. The molecule has 0 saturated carbocycles. The smallest absolute Gasteiger partial charge is 0.191 e. The molecule has 0 heterocycles. The van der Waals surface area contributed by atoms with Crippen molar-refractivity contribution in [3.8, 4) is 11.8 Å². The number of nitrogens with one attached hydrogen (secondary N) is 2. The standard InChI is InChI=1S/C21H26N4O.HI/c1-4-23-21(25-15-19-9-7-18(14-22)8-10-19)24-12-11-17-6-5-16(2)20(13-17)26-3;/h5-10,13H,4,11-12,15H2,1-3H3,(H2,23,24,25);1H. The number of rotatable bonds is 7. The molecule has 0 amide bonds. The van der Waals surface area contributed by atoms with E-state index >= 15 is 0 Å². The van der Waals surface area contributed by atoms with Crippen LogP contribution in [0.25, 0.3) is 0 Å². The van der Waals surface area contributed by atoms with Crippen LogP contribution >= 0.6 is 24.0 Å². The number of nitriles is 1. The molecule has 2 aromatic carbocycles. The van der Waals surface area contributed by atoms with Crippen LogP contribution in [-0.2, 0) is 13.0 Å². The number of ether oxygens (including phenoxy) is 1. The molecule has 0 aromatic heterocycles. The lowest BCUT2D eigenvalue weighted by Crippen LogP contribution is -2.38. The molecule has 2 rings (SSSR count). The molecule has 0 bridgehead atoms. The lowest BCUT2D eigenvalue weighted by atomic mass is 10.1. The summed E-state index contributed by atoms with van der Waals surface area (Å²) in [4.78, 5) is 4.61. The van der Waals surface area contributed by atoms with Crippen LogP contribution in [0.2, 0.25) is 0 Å². The van der Waals surface area contributed by atoms with Crippen LogP contribution in [0.3, 0.4) is 0 Å². The average Bonchev–Trinajstić information content (AvgIpc) is 2.67. The molecule has 6 heteroatoms. The Hall–Kier alpha value is -2.27. The largest absolute Gasteiger partial charge is 0.496 e. The van der Waals surface area contributed by atoms with Gasteiger partial charge in [-0.2, -0.15) is 5.26 Å². The van der Waals surface area contributed by atoms with Crippen molar-refractivity contribution in [1.82, 2.24) is 10.6 Å². The quantitative estimate of drug-likeness (QED) is 0.361. The zero-order valence-corrected chi connectivity index (χ0v) is 18.4. The molecule has 2 N–H and O–H groups in total. The van der Waals surface area contributed by atoms with E-state index in [1.807, 2.05) is 38.1 Å². The molecule has 0 atom stereocenters. The molecule has 2 aromatic rings. The lowest BCUT2D eigenvalue weighted by molar-refractivity contribution is 0.411. The minimum absolute atomic E-state index is 0. The normalized spacial score (nSPS) is 10.5. The number of nitrogens with zero attached hydrogens (tertiary/aromatic N) is 2. The van der Waals surface area contributed by atoms with Gasteiger partial charge >= 0.3 is 0 Å². The van der Waals surface area contributed by atoms with Crippen molar-refractivity contribution in [2.75, 3.05) is 20.2 Å². The number of guanidine groups is 1. The van der Waals surface area contributed by atoms with Gasteiger partial charge in [0, 0.05) is 13.1 Å². The number of benzene rings is 2. The van der Waals surface area contributed by atoms with E-state index in [0.717, 1.165) is 42.3 Å². The molecule has 0 aliphatic carbocycles. The molecule has 144 valence electrons. The van der Waals surface area contributed by atoms with E-state index in [4.69, 9.17) is 10.00 Å². The first-order chi connectivity index (χ1) is 12.7. The van der Waals surface area contributed by atoms with Gasteiger partial charge in [0.05, 0.1) is 25.3 Å². The van der Waals surface area contributed by atoms with E-state index in [0.29, 0.717) is 12.1 Å².